The van der Waals surface area contributed by atoms with Crippen LogP contribution in [-0.2, 0) is 9.47 Å². The van der Waals surface area contributed by atoms with Gasteiger partial charge in [-0.25, -0.2) is 0 Å². The van der Waals surface area contributed by atoms with Crippen LogP contribution >= 0.6 is 0 Å². The van der Waals surface area contributed by atoms with Crippen molar-refractivity contribution in [1.29, 1.82) is 0 Å². The van der Waals surface area contributed by atoms with E-state index in [1.807, 2.05) is 6.92 Å². The average molecular weight is 257 g/mol. The van der Waals surface area contributed by atoms with Crippen LogP contribution in [0.15, 0.2) is 0 Å². The highest BCUT2D eigenvalue weighted by atomic mass is 16.5. The van der Waals surface area contributed by atoms with Crippen LogP contribution in [0.2, 0.25) is 0 Å². The van der Waals surface area contributed by atoms with E-state index in [1.54, 1.807) is 0 Å². The molecule has 2 fully saturated rings. The van der Waals surface area contributed by atoms with Crippen LogP contribution in [0.25, 0.3) is 0 Å². The molecular formula is C14H27NO3. The first kappa shape index (κ1) is 14.3. The lowest BCUT2D eigenvalue weighted by molar-refractivity contribution is -0.0729. The van der Waals surface area contributed by atoms with E-state index >= 15 is 0 Å². The van der Waals surface area contributed by atoms with Gasteiger partial charge in [-0.15, -0.1) is 0 Å². The first-order valence-electron chi connectivity index (χ1n) is 6.92. The highest BCUT2D eigenvalue weighted by molar-refractivity contribution is 5.01. The van der Waals surface area contributed by atoms with Crippen molar-refractivity contribution in [3.05, 3.63) is 0 Å². The third-order valence-electron chi connectivity index (χ3n) is 4.39. The van der Waals surface area contributed by atoms with Crippen molar-refractivity contribution >= 4 is 0 Å². The molecule has 2 N–H and O–H groups in total. The lowest BCUT2D eigenvalue weighted by atomic mass is 9.91. The van der Waals surface area contributed by atoms with Gasteiger partial charge in [-0.05, 0) is 41.0 Å². The van der Waals surface area contributed by atoms with Gasteiger partial charge in [-0.3, -0.25) is 0 Å². The number of ether oxygens (including phenoxy) is 2. The van der Waals surface area contributed by atoms with E-state index in [2.05, 4.69) is 33.0 Å². The summed E-state index contributed by atoms with van der Waals surface area (Å²) in [5.41, 5.74) is -1.02. The van der Waals surface area contributed by atoms with Crippen LogP contribution in [-0.4, -0.2) is 47.2 Å². The minimum absolute atomic E-state index is 0.0940. The van der Waals surface area contributed by atoms with Crippen LogP contribution in [0.1, 0.15) is 47.5 Å². The van der Waals surface area contributed by atoms with Gasteiger partial charge in [-0.2, -0.15) is 0 Å². The van der Waals surface area contributed by atoms with Crippen molar-refractivity contribution in [2.45, 2.75) is 76.4 Å². The van der Waals surface area contributed by atoms with Crippen LogP contribution in [0, 0.1) is 0 Å². The van der Waals surface area contributed by atoms with E-state index in [4.69, 9.17) is 9.47 Å². The predicted molar refractivity (Wildman–Crippen MR) is 70.6 cm³/mol. The first-order chi connectivity index (χ1) is 8.15. The van der Waals surface area contributed by atoms with Crippen LogP contribution in [0.3, 0.4) is 0 Å². The zero-order chi connectivity index (χ0) is 13.6. The standard InChI is InChI=1S/C14H27NO3/c1-10-14(16,6-7-17-10)9-15-11-8-12(2,3)18-13(11,4)5/h10-11,15-16H,6-9H2,1-5H3. The highest BCUT2D eigenvalue weighted by Gasteiger charge is 2.47. The van der Waals surface area contributed by atoms with E-state index in [0.29, 0.717) is 19.6 Å². The first-order valence-corrected chi connectivity index (χ1v) is 6.92. The second kappa shape index (κ2) is 4.44. The van der Waals surface area contributed by atoms with Crippen molar-refractivity contribution in [2.75, 3.05) is 13.2 Å². The van der Waals surface area contributed by atoms with Crippen molar-refractivity contribution in [1.82, 2.24) is 5.32 Å². The summed E-state index contributed by atoms with van der Waals surface area (Å²) in [5, 5.41) is 14.0. The summed E-state index contributed by atoms with van der Waals surface area (Å²) in [6.45, 7) is 11.6. The van der Waals surface area contributed by atoms with Gasteiger partial charge in [0.05, 0.1) is 17.3 Å². The van der Waals surface area contributed by atoms with Gasteiger partial charge in [0.25, 0.3) is 0 Å². The number of hydrogen-bond acceptors (Lipinski definition) is 4. The van der Waals surface area contributed by atoms with Gasteiger partial charge in [-0.1, -0.05) is 0 Å². The minimum atomic E-state index is -0.733. The summed E-state index contributed by atoms with van der Waals surface area (Å²) in [6, 6.07) is 0.268. The van der Waals surface area contributed by atoms with Gasteiger partial charge < -0.3 is 19.9 Å². The summed E-state index contributed by atoms with van der Waals surface area (Å²) < 4.78 is 11.5. The van der Waals surface area contributed by atoms with Gasteiger partial charge in [0.2, 0.25) is 0 Å². The summed E-state index contributed by atoms with van der Waals surface area (Å²) >= 11 is 0. The van der Waals surface area contributed by atoms with Crippen molar-refractivity contribution in [3.8, 4) is 0 Å². The Labute approximate surface area is 110 Å². The normalized spacial score (nSPS) is 42.3. The third-order valence-corrected chi connectivity index (χ3v) is 4.39. The van der Waals surface area contributed by atoms with Gasteiger partial charge in [0.15, 0.2) is 0 Å². The molecule has 2 aliphatic rings. The molecule has 106 valence electrons. The Balaban J connectivity index is 1.94. The summed E-state index contributed by atoms with van der Waals surface area (Å²) in [5.74, 6) is 0. The molecule has 4 nitrogen and oxygen atoms in total. The molecule has 3 atom stereocenters. The Hall–Kier alpha value is -0.160. The fourth-order valence-electron chi connectivity index (χ4n) is 3.18. The molecule has 0 radical (unpaired) electrons. The molecule has 4 heteroatoms. The smallest absolute Gasteiger partial charge is 0.105 e. The van der Waals surface area contributed by atoms with E-state index in [9.17, 15) is 5.11 Å². The molecular weight excluding hydrogens is 230 g/mol. The average Bonchev–Trinajstić information content (AvgIpc) is 2.62. The maximum Gasteiger partial charge on any atom is 0.105 e. The maximum absolute atomic E-state index is 10.5. The van der Waals surface area contributed by atoms with Gasteiger partial charge in [0, 0.05) is 25.6 Å². The Bertz CT molecular complexity index is 316. The Morgan fingerprint density at radius 1 is 1.28 bits per heavy atom. The molecule has 2 rings (SSSR count). The van der Waals surface area contributed by atoms with E-state index in [0.717, 1.165) is 6.42 Å². The lowest BCUT2D eigenvalue weighted by Crippen LogP contribution is -2.52. The Kier molecular flexibility index (Phi) is 3.52. The molecule has 0 aromatic rings. The van der Waals surface area contributed by atoms with Crippen LogP contribution in [0.4, 0.5) is 0 Å². The largest absolute Gasteiger partial charge is 0.386 e. The fourth-order valence-corrected chi connectivity index (χ4v) is 3.18. The van der Waals surface area contributed by atoms with Gasteiger partial charge in [0.1, 0.15) is 5.60 Å². The monoisotopic (exact) mass is 257 g/mol. The second-order valence-electron chi connectivity index (χ2n) is 6.97. The Morgan fingerprint density at radius 2 is 1.94 bits per heavy atom. The molecule has 0 spiro atoms. The molecule has 0 aliphatic carbocycles. The number of aliphatic hydroxyl groups is 1. The molecule has 2 aliphatic heterocycles. The molecule has 0 aromatic carbocycles. The number of rotatable bonds is 3. The van der Waals surface area contributed by atoms with E-state index in [-0.39, 0.29) is 23.3 Å². The SMILES string of the molecule is CC1OCCC1(O)CNC1CC(C)(C)OC1(C)C. The van der Waals surface area contributed by atoms with E-state index < -0.39 is 5.60 Å². The Morgan fingerprint density at radius 3 is 2.39 bits per heavy atom. The summed E-state index contributed by atoms with van der Waals surface area (Å²) in [7, 11) is 0. The summed E-state index contributed by atoms with van der Waals surface area (Å²) in [6.07, 6.45) is 1.58. The molecule has 0 amide bonds. The second-order valence-corrected chi connectivity index (χ2v) is 6.97. The molecule has 0 saturated carbocycles. The molecule has 3 unspecified atom stereocenters. The fraction of sp³-hybridized carbons (Fsp3) is 1.00. The third kappa shape index (κ3) is 2.72. The molecule has 2 heterocycles. The highest BCUT2D eigenvalue weighted by Crippen LogP contribution is 2.37. The summed E-state index contributed by atoms with van der Waals surface area (Å²) in [4.78, 5) is 0. The van der Waals surface area contributed by atoms with Crippen molar-refractivity contribution in [3.63, 3.8) is 0 Å². The van der Waals surface area contributed by atoms with E-state index in [1.165, 1.54) is 0 Å². The zero-order valence-electron chi connectivity index (χ0n) is 12.2. The minimum Gasteiger partial charge on any atom is -0.386 e. The van der Waals surface area contributed by atoms with Crippen molar-refractivity contribution in [2.24, 2.45) is 0 Å². The van der Waals surface area contributed by atoms with Gasteiger partial charge >= 0.3 is 0 Å². The number of hydrogen-bond donors (Lipinski definition) is 2. The molecule has 18 heavy (non-hydrogen) atoms. The topological polar surface area (TPSA) is 50.7 Å². The molecule has 2 saturated heterocycles. The van der Waals surface area contributed by atoms with Crippen LogP contribution < -0.4 is 5.32 Å². The molecule has 0 aromatic heterocycles. The maximum atomic E-state index is 10.5. The van der Waals surface area contributed by atoms with Crippen molar-refractivity contribution < 1.29 is 14.6 Å². The quantitative estimate of drug-likeness (QED) is 0.804. The van der Waals surface area contributed by atoms with Crippen LogP contribution in [0.5, 0.6) is 0 Å². The molecule has 0 bridgehead atoms. The number of nitrogens with one attached hydrogen (secondary N) is 1. The zero-order valence-corrected chi connectivity index (χ0v) is 12.2. The predicted octanol–water partition coefficient (Wildman–Crippen LogP) is 1.46. The lowest BCUT2D eigenvalue weighted by Gasteiger charge is -2.32.